The summed E-state index contributed by atoms with van der Waals surface area (Å²) in [4.78, 5) is 14.5. The van der Waals surface area contributed by atoms with Gasteiger partial charge in [-0.2, -0.15) is 0 Å². The molecule has 0 unspecified atom stereocenters. The first-order chi connectivity index (χ1) is 13.1. The molecular formula is C21H23FN2O3. The second-order valence-corrected chi connectivity index (χ2v) is 6.99. The zero-order chi connectivity index (χ0) is 18.7. The number of hydrogen-bond acceptors (Lipinski definition) is 4. The van der Waals surface area contributed by atoms with E-state index < -0.39 is 0 Å². The Labute approximate surface area is 158 Å². The third kappa shape index (κ3) is 4.28. The molecule has 6 heteroatoms. The Kier molecular flexibility index (Phi) is 5.09. The highest BCUT2D eigenvalue weighted by atomic mass is 19.1. The largest absolute Gasteiger partial charge is 0.371 e. The van der Waals surface area contributed by atoms with Crippen molar-refractivity contribution in [3.63, 3.8) is 0 Å². The predicted molar refractivity (Wildman–Crippen MR) is 101 cm³/mol. The van der Waals surface area contributed by atoms with E-state index in [0.717, 1.165) is 42.9 Å². The fraction of sp³-hybridized carbons (Fsp3) is 0.381. The van der Waals surface area contributed by atoms with Crippen LogP contribution in [-0.2, 0) is 20.7 Å². The molecule has 0 saturated carbocycles. The third-order valence-corrected chi connectivity index (χ3v) is 5.13. The number of piperidine rings is 1. The van der Waals surface area contributed by atoms with Crippen LogP contribution in [0.3, 0.4) is 0 Å². The monoisotopic (exact) mass is 370 g/mol. The number of nitrogens with one attached hydrogen (secondary N) is 1. The molecule has 0 aliphatic carbocycles. The average Bonchev–Trinajstić information content (AvgIpc) is 3.13. The quantitative estimate of drug-likeness (QED) is 0.897. The number of anilines is 2. The minimum absolute atomic E-state index is 0.121. The number of benzene rings is 2. The number of carbonyl (C=O) groups excluding carboxylic acids is 1. The van der Waals surface area contributed by atoms with E-state index in [0.29, 0.717) is 13.2 Å². The summed E-state index contributed by atoms with van der Waals surface area (Å²) in [6.07, 6.45) is 1.95. The van der Waals surface area contributed by atoms with Crippen LogP contribution in [0.2, 0.25) is 0 Å². The molecule has 2 saturated heterocycles. The molecule has 0 atom stereocenters. The van der Waals surface area contributed by atoms with Crippen LogP contribution in [0.1, 0.15) is 18.4 Å². The highest BCUT2D eigenvalue weighted by Crippen LogP contribution is 2.33. The zero-order valence-electron chi connectivity index (χ0n) is 15.1. The van der Waals surface area contributed by atoms with Crippen molar-refractivity contribution in [1.82, 2.24) is 0 Å². The molecule has 0 bridgehead atoms. The minimum Gasteiger partial charge on any atom is -0.371 e. The van der Waals surface area contributed by atoms with E-state index in [4.69, 9.17) is 9.47 Å². The van der Waals surface area contributed by atoms with E-state index in [9.17, 15) is 9.18 Å². The van der Waals surface area contributed by atoms with E-state index in [1.807, 2.05) is 24.3 Å². The number of rotatable bonds is 4. The molecule has 0 radical (unpaired) electrons. The first kappa shape index (κ1) is 17.9. The highest BCUT2D eigenvalue weighted by Gasteiger charge is 2.39. The Morgan fingerprint density at radius 2 is 1.63 bits per heavy atom. The van der Waals surface area contributed by atoms with E-state index in [1.54, 1.807) is 12.1 Å². The lowest BCUT2D eigenvalue weighted by Gasteiger charge is -2.38. The van der Waals surface area contributed by atoms with Gasteiger partial charge in [-0.05, 0) is 42.0 Å². The summed E-state index contributed by atoms with van der Waals surface area (Å²) in [5, 5.41) is 2.88. The Morgan fingerprint density at radius 1 is 1.00 bits per heavy atom. The van der Waals surface area contributed by atoms with Gasteiger partial charge in [0.25, 0.3) is 0 Å². The molecule has 2 aromatic carbocycles. The summed E-state index contributed by atoms with van der Waals surface area (Å²) in [5.74, 6) is -0.792. The van der Waals surface area contributed by atoms with Gasteiger partial charge in [-0.1, -0.05) is 12.1 Å². The molecule has 4 rings (SSSR count). The molecule has 1 N–H and O–H groups in total. The minimum atomic E-state index is -0.370. The molecule has 0 aromatic heterocycles. The molecular weight excluding hydrogens is 347 g/mol. The van der Waals surface area contributed by atoms with Crippen LogP contribution >= 0.6 is 0 Å². The fourth-order valence-electron chi connectivity index (χ4n) is 3.64. The first-order valence-electron chi connectivity index (χ1n) is 9.29. The van der Waals surface area contributed by atoms with Crippen molar-refractivity contribution in [2.75, 3.05) is 36.5 Å². The number of hydrogen-bond donors (Lipinski definition) is 1. The zero-order valence-corrected chi connectivity index (χ0v) is 15.1. The fourth-order valence-corrected chi connectivity index (χ4v) is 3.64. The average molecular weight is 370 g/mol. The maximum atomic E-state index is 12.9. The Hall–Kier alpha value is -2.44. The predicted octanol–water partition coefficient (Wildman–Crippen LogP) is 3.35. The lowest BCUT2D eigenvalue weighted by atomic mass is 10.0. The van der Waals surface area contributed by atoms with Crippen LogP contribution in [0.15, 0.2) is 48.5 Å². The maximum absolute atomic E-state index is 12.9. The number of ether oxygens (including phenoxy) is 2. The molecule has 2 aromatic rings. The molecule has 2 heterocycles. The summed E-state index contributed by atoms with van der Waals surface area (Å²) < 4.78 is 24.5. The molecule has 5 nitrogen and oxygen atoms in total. The van der Waals surface area contributed by atoms with E-state index in [2.05, 4.69) is 10.2 Å². The Bertz CT molecular complexity index is 776. The van der Waals surface area contributed by atoms with Crippen molar-refractivity contribution in [1.29, 1.82) is 0 Å². The van der Waals surface area contributed by atoms with Crippen LogP contribution in [0.25, 0.3) is 0 Å². The normalized spacial score (nSPS) is 18.6. The van der Waals surface area contributed by atoms with Crippen molar-refractivity contribution in [3.8, 4) is 0 Å². The summed E-state index contributed by atoms with van der Waals surface area (Å²) in [5.41, 5.74) is 2.66. The van der Waals surface area contributed by atoms with E-state index in [-0.39, 0.29) is 23.9 Å². The van der Waals surface area contributed by atoms with E-state index >= 15 is 0 Å². The van der Waals surface area contributed by atoms with Crippen LogP contribution < -0.4 is 10.2 Å². The van der Waals surface area contributed by atoms with Crippen molar-refractivity contribution in [2.24, 2.45) is 0 Å². The van der Waals surface area contributed by atoms with Gasteiger partial charge in [-0.25, -0.2) is 4.39 Å². The molecule has 27 heavy (non-hydrogen) atoms. The Balaban J connectivity index is 1.31. The molecule has 1 amide bonds. The van der Waals surface area contributed by atoms with Gasteiger partial charge in [0.05, 0.1) is 19.6 Å². The summed E-state index contributed by atoms with van der Waals surface area (Å²) in [7, 11) is 0. The van der Waals surface area contributed by atoms with Gasteiger partial charge in [0.15, 0.2) is 5.79 Å². The molecule has 142 valence electrons. The number of halogens is 1. The second kappa shape index (κ2) is 7.66. The summed E-state index contributed by atoms with van der Waals surface area (Å²) in [6, 6.07) is 13.8. The first-order valence-corrected chi connectivity index (χ1v) is 9.29. The van der Waals surface area contributed by atoms with Crippen molar-refractivity contribution in [3.05, 3.63) is 59.9 Å². The number of carbonyl (C=O) groups is 1. The van der Waals surface area contributed by atoms with Gasteiger partial charge < -0.3 is 19.7 Å². The summed E-state index contributed by atoms with van der Waals surface area (Å²) >= 11 is 0. The van der Waals surface area contributed by atoms with Crippen molar-refractivity contribution >= 4 is 17.3 Å². The third-order valence-electron chi connectivity index (χ3n) is 5.13. The lowest BCUT2D eigenvalue weighted by Crippen LogP contribution is -2.45. The molecule has 2 aliphatic rings. The topological polar surface area (TPSA) is 50.8 Å². The van der Waals surface area contributed by atoms with Gasteiger partial charge in [0.2, 0.25) is 5.91 Å². The van der Waals surface area contributed by atoms with Gasteiger partial charge in [0.1, 0.15) is 5.82 Å². The van der Waals surface area contributed by atoms with Crippen LogP contribution in [0.4, 0.5) is 15.8 Å². The second-order valence-electron chi connectivity index (χ2n) is 6.99. The van der Waals surface area contributed by atoms with Gasteiger partial charge in [0, 0.05) is 37.3 Å². The molecule has 2 fully saturated rings. The molecule has 2 aliphatic heterocycles. The van der Waals surface area contributed by atoms with Gasteiger partial charge in [-0.15, -0.1) is 0 Å². The van der Waals surface area contributed by atoms with Crippen molar-refractivity contribution in [2.45, 2.75) is 25.0 Å². The number of nitrogens with zero attached hydrogens (tertiary/aromatic N) is 1. The van der Waals surface area contributed by atoms with E-state index in [1.165, 1.54) is 12.1 Å². The highest BCUT2D eigenvalue weighted by molar-refractivity contribution is 5.92. The lowest BCUT2D eigenvalue weighted by molar-refractivity contribution is -0.169. The van der Waals surface area contributed by atoms with Crippen LogP contribution in [0.5, 0.6) is 0 Å². The smallest absolute Gasteiger partial charge is 0.228 e. The van der Waals surface area contributed by atoms with Crippen LogP contribution in [-0.4, -0.2) is 38.0 Å². The summed E-state index contributed by atoms with van der Waals surface area (Å²) in [6.45, 7) is 3.14. The van der Waals surface area contributed by atoms with Crippen molar-refractivity contribution < 1.29 is 18.7 Å². The SMILES string of the molecule is O=C(Cc1ccc(F)cc1)Nc1ccc(N2CCC3(CC2)OCCO3)cc1. The Morgan fingerprint density at radius 3 is 2.26 bits per heavy atom. The van der Waals surface area contributed by atoms with Crippen LogP contribution in [0, 0.1) is 5.82 Å². The molecule has 1 spiro atoms. The maximum Gasteiger partial charge on any atom is 0.228 e. The standard InChI is InChI=1S/C21H23FN2O3/c22-17-3-1-16(2-4-17)15-20(25)23-18-5-7-19(8-6-18)24-11-9-21(10-12-24)26-13-14-27-21/h1-8H,9-15H2,(H,23,25). The number of amides is 1. The van der Waals surface area contributed by atoms with Gasteiger partial charge >= 0.3 is 0 Å². The van der Waals surface area contributed by atoms with Gasteiger partial charge in [-0.3, -0.25) is 4.79 Å².